The molecule has 0 aromatic rings. The maximum atomic E-state index is 5.12. The first kappa shape index (κ1) is 17.2. The standard InChI is InChI=1S/C17H35N3O/c1-19-11-5-3-7-16(19)9-13-20-12-6-4-8-17(20)15-18-10-14-21-2/h16-18H,3-15H2,1-2H3. The first-order valence-corrected chi connectivity index (χ1v) is 8.95. The molecule has 1 N–H and O–H groups in total. The molecule has 0 aromatic heterocycles. The molecule has 2 rings (SSSR count). The van der Waals surface area contributed by atoms with Gasteiger partial charge in [0.1, 0.15) is 0 Å². The Bertz CT molecular complexity index is 275. The summed E-state index contributed by atoms with van der Waals surface area (Å²) in [4.78, 5) is 5.32. The Balaban J connectivity index is 1.70. The number of ether oxygens (including phenoxy) is 1. The highest BCUT2D eigenvalue weighted by Gasteiger charge is 2.24. The molecule has 0 radical (unpaired) electrons. The molecule has 0 bridgehead atoms. The lowest BCUT2D eigenvalue weighted by Gasteiger charge is -2.39. The van der Waals surface area contributed by atoms with Crippen LogP contribution in [-0.4, -0.2) is 75.4 Å². The van der Waals surface area contributed by atoms with E-state index in [9.17, 15) is 0 Å². The molecule has 0 aliphatic carbocycles. The van der Waals surface area contributed by atoms with Gasteiger partial charge in [-0.15, -0.1) is 0 Å². The normalized spacial score (nSPS) is 28.9. The fraction of sp³-hybridized carbons (Fsp3) is 1.00. The van der Waals surface area contributed by atoms with E-state index in [2.05, 4.69) is 22.2 Å². The second-order valence-electron chi connectivity index (χ2n) is 6.80. The molecular formula is C17H35N3O. The third-order valence-corrected chi connectivity index (χ3v) is 5.28. The van der Waals surface area contributed by atoms with Crippen molar-refractivity contribution in [1.82, 2.24) is 15.1 Å². The van der Waals surface area contributed by atoms with E-state index in [1.807, 2.05) is 0 Å². The van der Waals surface area contributed by atoms with Crippen molar-refractivity contribution in [1.29, 1.82) is 0 Å². The summed E-state index contributed by atoms with van der Waals surface area (Å²) in [7, 11) is 4.08. The minimum Gasteiger partial charge on any atom is -0.383 e. The summed E-state index contributed by atoms with van der Waals surface area (Å²) in [6, 6.07) is 1.56. The van der Waals surface area contributed by atoms with Gasteiger partial charge in [-0.2, -0.15) is 0 Å². The molecule has 0 amide bonds. The summed E-state index contributed by atoms with van der Waals surface area (Å²) in [6.45, 7) is 6.81. The van der Waals surface area contributed by atoms with E-state index >= 15 is 0 Å². The number of hydrogen-bond acceptors (Lipinski definition) is 4. The van der Waals surface area contributed by atoms with Crippen LogP contribution in [0.2, 0.25) is 0 Å². The second-order valence-corrected chi connectivity index (χ2v) is 6.80. The molecule has 0 spiro atoms. The van der Waals surface area contributed by atoms with E-state index in [1.165, 1.54) is 64.6 Å². The van der Waals surface area contributed by atoms with Crippen LogP contribution in [0.1, 0.15) is 44.9 Å². The van der Waals surface area contributed by atoms with Gasteiger partial charge in [-0.05, 0) is 58.8 Å². The van der Waals surface area contributed by atoms with Crippen molar-refractivity contribution in [2.24, 2.45) is 0 Å². The number of rotatable bonds is 8. The van der Waals surface area contributed by atoms with E-state index in [0.29, 0.717) is 0 Å². The van der Waals surface area contributed by atoms with E-state index in [0.717, 1.165) is 31.8 Å². The molecule has 2 atom stereocenters. The maximum absolute atomic E-state index is 5.12. The van der Waals surface area contributed by atoms with E-state index in [-0.39, 0.29) is 0 Å². The van der Waals surface area contributed by atoms with Crippen molar-refractivity contribution in [2.45, 2.75) is 57.0 Å². The predicted octanol–water partition coefficient (Wildman–Crippen LogP) is 1.95. The molecule has 2 fully saturated rings. The van der Waals surface area contributed by atoms with Crippen molar-refractivity contribution < 1.29 is 4.74 Å². The van der Waals surface area contributed by atoms with Gasteiger partial charge in [-0.25, -0.2) is 0 Å². The van der Waals surface area contributed by atoms with Gasteiger partial charge in [0.25, 0.3) is 0 Å². The van der Waals surface area contributed by atoms with Gasteiger partial charge in [0.2, 0.25) is 0 Å². The fourth-order valence-electron chi connectivity index (χ4n) is 3.85. The number of nitrogens with zero attached hydrogens (tertiary/aromatic N) is 2. The van der Waals surface area contributed by atoms with Crippen LogP contribution in [0.15, 0.2) is 0 Å². The number of piperidine rings is 2. The molecule has 2 aliphatic rings. The average Bonchev–Trinajstić information content (AvgIpc) is 2.52. The number of hydrogen-bond donors (Lipinski definition) is 1. The van der Waals surface area contributed by atoms with Gasteiger partial charge in [0.15, 0.2) is 0 Å². The molecule has 2 unspecified atom stereocenters. The van der Waals surface area contributed by atoms with Crippen LogP contribution >= 0.6 is 0 Å². The third kappa shape index (κ3) is 5.85. The van der Waals surface area contributed by atoms with E-state index in [4.69, 9.17) is 4.74 Å². The first-order valence-electron chi connectivity index (χ1n) is 8.95. The molecule has 2 saturated heterocycles. The molecule has 4 heteroatoms. The lowest BCUT2D eigenvalue weighted by atomic mass is 9.97. The molecule has 0 saturated carbocycles. The molecule has 21 heavy (non-hydrogen) atoms. The van der Waals surface area contributed by atoms with E-state index in [1.54, 1.807) is 7.11 Å². The summed E-state index contributed by atoms with van der Waals surface area (Å²) < 4.78 is 5.12. The van der Waals surface area contributed by atoms with Crippen LogP contribution in [0.3, 0.4) is 0 Å². The van der Waals surface area contributed by atoms with Crippen molar-refractivity contribution in [2.75, 3.05) is 53.5 Å². The quantitative estimate of drug-likeness (QED) is 0.693. The Morgan fingerprint density at radius 3 is 2.57 bits per heavy atom. The fourth-order valence-corrected chi connectivity index (χ4v) is 3.85. The van der Waals surface area contributed by atoms with Crippen LogP contribution in [-0.2, 0) is 4.74 Å². The molecule has 2 heterocycles. The molecule has 124 valence electrons. The number of methoxy groups -OCH3 is 1. The molecular weight excluding hydrogens is 262 g/mol. The Morgan fingerprint density at radius 2 is 1.81 bits per heavy atom. The smallest absolute Gasteiger partial charge is 0.0587 e. The van der Waals surface area contributed by atoms with Gasteiger partial charge in [0.05, 0.1) is 6.61 Å². The zero-order valence-corrected chi connectivity index (χ0v) is 14.1. The minimum atomic E-state index is 0.740. The summed E-state index contributed by atoms with van der Waals surface area (Å²) in [5.74, 6) is 0. The monoisotopic (exact) mass is 297 g/mol. The van der Waals surface area contributed by atoms with Crippen LogP contribution < -0.4 is 5.32 Å². The van der Waals surface area contributed by atoms with Gasteiger partial charge in [-0.3, -0.25) is 4.90 Å². The molecule has 4 nitrogen and oxygen atoms in total. The lowest BCUT2D eigenvalue weighted by molar-refractivity contribution is 0.109. The lowest BCUT2D eigenvalue weighted by Crippen LogP contribution is -2.48. The van der Waals surface area contributed by atoms with Gasteiger partial charge in [-0.1, -0.05) is 12.8 Å². The van der Waals surface area contributed by atoms with Gasteiger partial charge in [0, 0.05) is 32.3 Å². The maximum Gasteiger partial charge on any atom is 0.0587 e. The Morgan fingerprint density at radius 1 is 1.05 bits per heavy atom. The average molecular weight is 297 g/mol. The van der Waals surface area contributed by atoms with Crippen molar-refractivity contribution in [3.05, 3.63) is 0 Å². The Labute approximate surface area is 131 Å². The van der Waals surface area contributed by atoms with Crippen LogP contribution in [0.4, 0.5) is 0 Å². The number of nitrogens with one attached hydrogen (secondary N) is 1. The predicted molar refractivity (Wildman–Crippen MR) is 88.8 cm³/mol. The van der Waals surface area contributed by atoms with Gasteiger partial charge < -0.3 is 15.0 Å². The summed E-state index contributed by atoms with van der Waals surface area (Å²) >= 11 is 0. The first-order chi connectivity index (χ1) is 10.3. The van der Waals surface area contributed by atoms with Crippen LogP contribution in [0.5, 0.6) is 0 Å². The van der Waals surface area contributed by atoms with Gasteiger partial charge >= 0.3 is 0 Å². The second kappa shape index (κ2) is 9.78. The highest BCUT2D eigenvalue weighted by molar-refractivity contribution is 4.82. The summed E-state index contributed by atoms with van der Waals surface area (Å²) in [5, 5.41) is 3.56. The van der Waals surface area contributed by atoms with Crippen LogP contribution in [0.25, 0.3) is 0 Å². The molecule has 2 aliphatic heterocycles. The summed E-state index contributed by atoms with van der Waals surface area (Å²) in [5.41, 5.74) is 0. The third-order valence-electron chi connectivity index (χ3n) is 5.28. The zero-order valence-electron chi connectivity index (χ0n) is 14.1. The number of likely N-dealkylation sites (tertiary alicyclic amines) is 2. The largest absolute Gasteiger partial charge is 0.383 e. The molecule has 0 aromatic carbocycles. The SMILES string of the molecule is COCCNCC1CCCCN1CCC1CCCCN1C. The summed E-state index contributed by atoms with van der Waals surface area (Å²) in [6.07, 6.45) is 9.72. The van der Waals surface area contributed by atoms with Crippen molar-refractivity contribution >= 4 is 0 Å². The van der Waals surface area contributed by atoms with Crippen LogP contribution in [0, 0.1) is 0 Å². The topological polar surface area (TPSA) is 27.7 Å². The highest BCUT2D eigenvalue weighted by atomic mass is 16.5. The van der Waals surface area contributed by atoms with Crippen molar-refractivity contribution in [3.63, 3.8) is 0 Å². The Hall–Kier alpha value is -0.160. The van der Waals surface area contributed by atoms with Crippen molar-refractivity contribution in [3.8, 4) is 0 Å². The zero-order chi connectivity index (χ0) is 14.9. The highest BCUT2D eigenvalue weighted by Crippen LogP contribution is 2.21. The van der Waals surface area contributed by atoms with E-state index < -0.39 is 0 Å². The minimum absolute atomic E-state index is 0.740. The Kier molecular flexibility index (Phi) is 8.01.